The van der Waals surface area contributed by atoms with Gasteiger partial charge in [-0.15, -0.1) is 0 Å². The molecular weight excluding hydrogens is 388 g/mol. The molecule has 0 radical (unpaired) electrons. The molecule has 0 spiro atoms. The van der Waals surface area contributed by atoms with Crippen molar-refractivity contribution in [3.05, 3.63) is 52.8 Å². The molecule has 1 saturated carbocycles. The average Bonchev–Trinajstić information content (AvgIpc) is 3.54. The number of carbonyl (C=O) groups excluding carboxylic acids is 2. The lowest BCUT2D eigenvalue weighted by Gasteiger charge is -2.31. The minimum Gasteiger partial charge on any atom is -0.343 e. The van der Waals surface area contributed by atoms with Crippen LogP contribution in [0, 0.1) is 12.8 Å². The molecule has 2 fully saturated rings. The van der Waals surface area contributed by atoms with Gasteiger partial charge in [0.15, 0.2) is 0 Å². The Balaban J connectivity index is 1.37. The predicted molar refractivity (Wildman–Crippen MR) is 121 cm³/mol. The summed E-state index contributed by atoms with van der Waals surface area (Å²) in [5, 5.41) is 4.35. The normalized spacial score (nSPS) is 17.1. The Kier molecular flexibility index (Phi) is 6.44. The zero-order valence-electron chi connectivity index (χ0n) is 19.0. The molecular formula is C25H34N4O2. The molecule has 1 aromatic carbocycles. The van der Waals surface area contributed by atoms with Gasteiger partial charge in [0.25, 0.3) is 5.91 Å². The Morgan fingerprint density at radius 1 is 1.06 bits per heavy atom. The summed E-state index contributed by atoms with van der Waals surface area (Å²) in [7, 11) is 0. The number of hydrogen-bond donors (Lipinski definition) is 0. The van der Waals surface area contributed by atoms with Gasteiger partial charge in [-0.05, 0) is 63.0 Å². The SMILES string of the molecule is CCn1ncc(C(=O)N(Cc2ccc(CC3CCN(C(C)=O)CC3)cc2)C2CC2)c1C. The van der Waals surface area contributed by atoms with E-state index in [0.29, 0.717) is 18.5 Å². The number of nitrogens with zero attached hydrogens (tertiary/aromatic N) is 4. The molecule has 166 valence electrons. The third-order valence-electron chi connectivity index (χ3n) is 6.84. The highest BCUT2D eigenvalue weighted by Crippen LogP contribution is 2.30. The second-order valence-corrected chi connectivity index (χ2v) is 9.09. The first-order chi connectivity index (χ1) is 15.0. The molecule has 2 aromatic rings. The van der Waals surface area contributed by atoms with Gasteiger partial charge >= 0.3 is 0 Å². The maximum Gasteiger partial charge on any atom is 0.257 e. The van der Waals surface area contributed by atoms with Gasteiger partial charge in [0, 0.05) is 44.8 Å². The van der Waals surface area contributed by atoms with E-state index < -0.39 is 0 Å². The van der Waals surface area contributed by atoms with Crippen molar-refractivity contribution in [3.63, 3.8) is 0 Å². The summed E-state index contributed by atoms with van der Waals surface area (Å²) >= 11 is 0. The minimum absolute atomic E-state index is 0.0982. The number of piperidine rings is 1. The molecule has 4 rings (SSSR count). The van der Waals surface area contributed by atoms with Crippen molar-refractivity contribution in [2.24, 2.45) is 5.92 Å². The van der Waals surface area contributed by atoms with Crippen LogP contribution >= 0.6 is 0 Å². The van der Waals surface area contributed by atoms with Crippen LogP contribution in [-0.4, -0.2) is 50.5 Å². The Labute approximate surface area is 185 Å². The van der Waals surface area contributed by atoms with E-state index in [1.54, 1.807) is 13.1 Å². The molecule has 6 nitrogen and oxygen atoms in total. The summed E-state index contributed by atoms with van der Waals surface area (Å²) in [5.41, 5.74) is 4.19. The largest absolute Gasteiger partial charge is 0.343 e. The van der Waals surface area contributed by atoms with Gasteiger partial charge in [-0.1, -0.05) is 24.3 Å². The molecule has 1 aliphatic heterocycles. The van der Waals surface area contributed by atoms with Gasteiger partial charge in [-0.2, -0.15) is 5.10 Å². The number of carbonyl (C=O) groups is 2. The lowest BCUT2D eigenvalue weighted by molar-refractivity contribution is -0.130. The zero-order valence-corrected chi connectivity index (χ0v) is 19.0. The second kappa shape index (κ2) is 9.25. The van der Waals surface area contributed by atoms with Gasteiger partial charge in [-0.25, -0.2) is 0 Å². The number of hydrogen-bond acceptors (Lipinski definition) is 3. The number of likely N-dealkylation sites (tertiary alicyclic amines) is 1. The highest BCUT2D eigenvalue weighted by Gasteiger charge is 2.34. The molecule has 1 aliphatic carbocycles. The number of aryl methyl sites for hydroxylation is 1. The lowest BCUT2D eigenvalue weighted by atomic mass is 9.90. The number of aromatic nitrogens is 2. The van der Waals surface area contributed by atoms with Gasteiger partial charge in [0.2, 0.25) is 5.91 Å². The third-order valence-corrected chi connectivity index (χ3v) is 6.84. The van der Waals surface area contributed by atoms with Crippen LogP contribution in [0.15, 0.2) is 30.5 Å². The standard InChI is InChI=1S/C25H34N4O2/c1-4-29-18(2)24(16-26-29)25(31)28(23-9-10-23)17-22-7-5-20(6-8-22)15-21-11-13-27(14-12-21)19(3)30/h5-8,16,21,23H,4,9-15,17H2,1-3H3. The monoisotopic (exact) mass is 422 g/mol. The van der Waals surface area contributed by atoms with Crippen molar-refractivity contribution in [2.75, 3.05) is 13.1 Å². The van der Waals surface area contributed by atoms with Gasteiger partial charge < -0.3 is 9.80 Å². The zero-order chi connectivity index (χ0) is 22.0. The number of benzene rings is 1. The van der Waals surface area contributed by atoms with E-state index >= 15 is 0 Å². The molecule has 6 heteroatoms. The van der Waals surface area contributed by atoms with E-state index in [1.165, 1.54) is 11.1 Å². The van der Waals surface area contributed by atoms with Gasteiger partial charge in [-0.3, -0.25) is 14.3 Å². The molecule has 2 amide bonds. The predicted octanol–water partition coefficient (Wildman–Crippen LogP) is 3.82. The Morgan fingerprint density at radius 3 is 2.26 bits per heavy atom. The van der Waals surface area contributed by atoms with E-state index in [1.807, 2.05) is 28.3 Å². The summed E-state index contributed by atoms with van der Waals surface area (Å²) in [6.07, 6.45) is 7.11. The summed E-state index contributed by atoms with van der Waals surface area (Å²) in [6, 6.07) is 9.12. The molecule has 0 bridgehead atoms. The van der Waals surface area contributed by atoms with Crippen LogP contribution in [0.25, 0.3) is 0 Å². The van der Waals surface area contributed by atoms with E-state index in [0.717, 1.165) is 63.0 Å². The first-order valence-electron chi connectivity index (χ1n) is 11.6. The fourth-order valence-corrected chi connectivity index (χ4v) is 4.65. The summed E-state index contributed by atoms with van der Waals surface area (Å²) in [4.78, 5) is 28.7. The van der Waals surface area contributed by atoms with Gasteiger partial charge in [0.1, 0.15) is 0 Å². The van der Waals surface area contributed by atoms with Gasteiger partial charge in [0.05, 0.1) is 11.8 Å². The van der Waals surface area contributed by atoms with Crippen LogP contribution in [-0.2, 0) is 24.3 Å². The first kappa shape index (κ1) is 21.6. The quantitative estimate of drug-likeness (QED) is 0.682. The number of amides is 2. The van der Waals surface area contributed by atoms with E-state index in [4.69, 9.17) is 0 Å². The van der Waals surface area contributed by atoms with Crippen molar-refractivity contribution >= 4 is 11.8 Å². The molecule has 31 heavy (non-hydrogen) atoms. The molecule has 2 heterocycles. The molecule has 0 N–H and O–H groups in total. The highest BCUT2D eigenvalue weighted by atomic mass is 16.2. The van der Waals surface area contributed by atoms with Crippen molar-refractivity contribution in [3.8, 4) is 0 Å². The van der Waals surface area contributed by atoms with Crippen LogP contribution in [0.5, 0.6) is 0 Å². The molecule has 2 aliphatic rings. The third kappa shape index (κ3) is 5.00. The smallest absolute Gasteiger partial charge is 0.257 e. The topological polar surface area (TPSA) is 58.4 Å². The maximum absolute atomic E-state index is 13.2. The lowest BCUT2D eigenvalue weighted by Crippen LogP contribution is -2.37. The maximum atomic E-state index is 13.2. The number of rotatable bonds is 7. The molecule has 0 atom stereocenters. The van der Waals surface area contributed by atoms with E-state index in [2.05, 4.69) is 29.4 Å². The van der Waals surface area contributed by atoms with Crippen LogP contribution in [0.2, 0.25) is 0 Å². The van der Waals surface area contributed by atoms with Crippen LogP contribution in [0.1, 0.15) is 66.7 Å². The van der Waals surface area contributed by atoms with Crippen molar-refractivity contribution in [1.82, 2.24) is 19.6 Å². The molecule has 1 aromatic heterocycles. The Morgan fingerprint density at radius 2 is 1.71 bits per heavy atom. The Bertz CT molecular complexity index is 921. The molecule has 1 saturated heterocycles. The minimum atomic E-state index is 0.0982. The van der Waals surface area contributed by atoms with E-state index in [9.17, 15) is 9.59 Å². The van der Waals surface area contributed by atoms with Crippen LogP contribution in [0.4, 0.5) is 0 Å². The average molecular weight is 423 g/mol. The summed E-state index contributed by atoms with van der Waals surface area (Å²) in [5.74, 6) is 0.930. The van der Waals surface area contributed by atoms with Crippen molar-refractivity contribution in [2.45, 2.75) is 72.0 Å². The van der Waals surface area contributed by atoms with Crippen LogP contribution < -0.4 is 0 Å². The molecule has 0 unspecified atom stereocenters. The van der Waals surface area contributed by atoms with Crippen molar-refractivity contribution in [1.29, 1.82) is 0 Å². The first-order valence-corrected chi connectivity index (χ1v) is 11.6. The summed E-state index contributed by atoms with van der Waals surface area (Å²) in [6.45, 7) is 8.86. The fourth-order valence-electron chi connectivity index (χ4n) is 4.65. The van der Waals surface area contributed by atoms with E-state index in [-0.39, 0.29) is 11.8 Å². The second-order valence-electron chi connectivity index (χ2n) is 9.09. The summed E-state index contributed by atoms with van der Waals surface area (Å²) < 4.78 is 1.88. The van der Waals surface area contributed by atoms with Crippen molar-refractivity contribution < 1.29 is 9.59 Å². The van der Waals surface area contributed by atoms with Crippen LogP contribution in [0.3, 0.4) is 0 Å². The highest BCUT2D eigenvalue weighted by molar-refractivity contribution is 5.95. The fraction of sp³-hybridized carbons (Fsp3) is 0.560. The Hall–Kier alpha value is -2.63.